The van der Waals surface area contributed by atoms with Crippen LogP contribution in [-0.4, -0.2) is 16.7 Å². The minimum atomic E-state index is -0.208. The van der Waals surface area contributed by atoms with Crippen molar-refractivity contribution in [2.24, 2.45) is 0 Å². The van der Waals surface area contributed by atoms with Gasteiger partial charge in [0.2, 0.25) is 0 Å². The molecular formula is C14H16FN3. The molecule has 1 saturated heterocycles. The van der Waals surface area contributed by atoms with E-state index < -0.39 is 0 Å². The Labute approximate surface area is 105 Å². The Morgan fingerprint density at radius 1 is 1.28 bits per heavy atom. The Morgan fingerprint density at radius 2 is 2.06 bits per heavy atom. The number of rotatable bonds is 2. The molecule has 1 unspecified atom stereocenters. The molecule has 2 aromatic rings. The summed E-state index contributed by atoms with van der Waals surface area (Å²) in [5.74, 6) is -0.208. The van der Waals surface area contributed by atoms with Gasteiger partial charge in [-0.05, 0) is 44.0 Å². The molecule has 3 nitrogen and oxygen atoms in total. The predicted octanol–water partition coefficient (Wildman–Crippen LogP) is 2.95. The molecule has 2 N–H and O–H groups in total. The summed E-state index contributed by atoms with van der Waals surface area (Å²) in [6.07, 6.45) is 2.29. The average molecular weight is 245 g/mol. The number of nitrogens with zero attached hydrogens (tertiary/aromatic N) is 1. The SMILES string of the molecule is Cc1[nH]nc(C2CCCN2)c1-c1ccc(F)cc1. The standard InChI is InChI=1S/C14H16FN3/c1-9-13(10-4-6-11(15)7-5-10)14(18-17-9)12-3-2-8-16-12/h4-7,12,16H,2-3,8H2,1H3,(H,17,18). The molecule has 2 heterocycles. The van der Waals surface area contributed by atoms with Gasteiger partial charge in [0, 0.05) is 11.3 Å². The normalized spacial score (nSPS) is 19.3. The first-order chi connectivity index (χ1) is 8.75. The first-order valence-corrected chi connectivity index (χ1v) is 6.30. The van der Waals surface area contributed by atoms with Gasteiger partial charge >= 0.3 is 0 Å². The number of hydrogen-bond donors (Lipinski definition) is 2. The molecule has 3 rings (SSSR count). The van der Waals surface area contributed by atoms with Gasteiger partial charge < -0.3 is 5.32 Å². The van der Waals surface area contributed by atoms with Crippen molar-refractivity contribution in [2.75, 3.05) is 6.54 Å². The van der Waals surface area contributed by atoms with E-state index in [0.717, 1.165) is 35.5 Å². The molecule has 0 bridgehead atoms. The molecule has 18 heavy (non-hydrogen) atoms. The molecule has 1 aliphatic heterocycles. The van der Waals surface area contributed by atoms with E-state index in [0.29, 0.717) is 6.04 Å². The van der Waals surface area contributed by atoms with E-state index in [4.69, 9.17) is 0 Å². The highest BCUT2D eigenvalue weighted by Crippen LogP contribution is 2.33. The molecule has 1 aromatic heterocycles. The molecule has 4 heteroatoms. The summed E-state index contributed by atoms with van der Waals surface area (Å²) in [5.41, 5.74) is 4.21. The molecule has 0 spiro atoms. The monoisotopic (exact) mass is 245 g/mol. The summed E-state index contributed by atoms with van der Waals surface area (Å²) >= 11 is 0. The Bertz CT molecular complexity index is 539. The van der Waals surface area contributed by atoms with Crippen molar-refractivity contribution in [1.29, 1.82) is 0 Å². The number of aromatic amines is 1. The quantitative estimate of drug-likeness (QED) is 0.854. The third kappa shape index (κ3) is 1.93. The van der Waals surface area contributed by atoms with Gasteiger partial charge in [-0.15, -0.1) is 0 Å². The van der Waals surface area contributed by atoms with Crippen LogP contribution in [0.2, 0.25) is 0 Å². The van der Waals surface area contributed by atoms with Crippen LogP contribution in [0, 0.1) is 12.7 Å². The Balaban J connectivity index is 2.04. The van der Waals surface area contributed by atoms with Gasteiger partial charge in [0.25, 0.3) is 0 Å². The van der Waals surface area contributed by atoms with Gasteiger partial charge in [-0.1, -0.05) is 12.1 Å². The molecule has 1 aliphatic rings. The topological polar surface area (TPSA) is 40.7 Å². The lowest BCUT2D eigenvalue weighted by molar-refractivity contribution is 0.625. The number of H-pyrrole nitrogens is 1. The second kappa shape index (κ2) is 4.53. The second-order valence-corrected chi connectivity index (χ2v) is 4.76. The maximum atomic E-state index is 13.0. The van der Waals surface area contributed by atoms with Crippen LogP contribution >= 0.6 is 0 Å². The third-order valence-corrected chi connectivity index (χ3v) is 3.50. The van der Waals surface area contributed by atoms with E-state index in [9.17, 15) is 4.39 Å². The average Bonchev–Trinajstić information content (AvgIpc) is 2.99. The van der Waals surface area contributed by atoms with E-state index in [-0.39, 0.29) is 5.82 Å². The van der Waals surface area contributed by atoms with Crippen molar-refractivity contribution in [2.45, 2.75) is 25.8 Å². The number of halogens is 1. The molecule has 0 amide bonds. The molecule has 1 aromatic carbocycles. The zero-order chi connectivity index (χ0) is 12.5. The fourth-order valence-corrected chi connectivity index (χ4v) is 2.60. The lowest BCUT2D eigenvalue weighted by Gasteiger charge is -2.10. The van der Waals surface area contributed by atoms with E-state index >= 15 is 0 Å². The molecule has 0 radical (unpaired) electrons. The van der Waals surface area contributed by atoms with Crippen molar-refractivity contribution in [3.8, 4) is 11.1 Å². The van der Waals surface area contributed by atoms with Gasteiger partial charge in [0.1, 0.15) is 5.82 Å². The highest BCUT2D eigenvalue weighted by atomic mass is 19.1. The van der Waals surface area contributed by atoms with Crippen LogP contribution in [-0.2, 0) is 0 Å². The lowest BCUT2D eigenvalue weighted by Crippen LogP contribution is -2.14. The van der Waals surface area contributed by atoms with Crippen LogP contribution in [0.15, 0.2) is 24.3 Å². The molecule has 94 valence electrons. The number of aryl methyl sites for hydroxylation is 1. The van der Waals surface area contributed by atoms with Gasteiger partial charge in [0.05, 0.1) is 11.7 Å². The molecule has 0 aliphatic carbocycles. The highest BCUT2D eigenvalue weighted by Gasteiger charge is 2.23. The van der Waals surface area contributed by atoms with Crippen molar-refractivity contribution in [1.82, 2.24) is 15.5 Å². The Kier molecular flexibility index (Phi) is 2.88. The highest BCUT2D eigenvalue weighted by molar-refractivity contribution is 5.69. The minimum absolute atomic E-state index is 0.208. The van der Waals surface area contributed by atoms with Crippen molar-refractivity contribution in [3.05, 3.63) is 41.5 Å². The van der Waals surface area contributed by atoms with Crippen LogP contribution in [0.3, 0.4) is 0 Å². The fraction of sp³-hybridized carbons (Fsp3) is 0.357. The molecule has 0 saturated carbocycles. The van der Waals surface area contributed by atoms with Gasteiger partial charge in [0.15, 0.2) is 0 Å². The van der Waals surface area contributed by atoms with Crippen LogP contribution in [0.5, 0.6) is 0 Å². The summed E-state index contributed by atoms with van der Waals surface area (Å²) in [7, 11) is 0. The van der Waals surface area contributed by atoms with Crippen LogP contribution in [0.1, 0.15) is 30.3 Å². The number of aromatic nitrogens is 2. The van der Waals surface area contributed by atoms with Gasteiger partial charge in [-0.3, -0.25) is 5.10 Å². The molecule has 1 atom stereocenters. The summed E-state index contributed by atoms with van der Waals surface area (Å²) in [6.45, 7) is 3.05. The van der Waals surface area contributed by atoms with E-state index in [1.807, 2.05) is 19.1 Å². The van der Waals surface area contributed by atoms with Crippen LogP contribution < -0.4 is 5.32 Å². The van der Waals surface area contributed by atoms with Gasteiger partial charge in [-0.25, -0.2) is 4.39 Å². The van der Waals surface area contributed by atoms with Gasteiger partial charge in [-0.2, -0.15) is 5.10 Å². The lowest BCUT2D eigenvalue weighted by atomic mass is 9.99. The number of hydrogen-bond acceptors (Lipinski definition) is 2. The predicted molar refractivity (Wildman–Crippen MR) is 68.7 cm³/mol. The zero-order valence-corrected chi connectivity index (χ0v) is 10.3. The van der Waals surface area contributed by atoms with E-state index in [2.05, 4.69) is 15.5 Å². The Hall–Kier alpha value is -1.68. The smallest absolute Gasteiger partial charge is 0.123 e. The van der Waals surface area contributed by atoms with Crippen molar-refractivity contribution < 1.29 is 4.39 Å². The maximum Gasteiger partial charge on any atom is 0.123 e. The summed E-state index contributed by atoms with van der Waals surface area (Å²) in [4.78, 5) is 0. The largest absolute Gasteiger partial charge is 0.309 e. The van der Waals surface area contributed by atoms with Crippen LogP contribution in [0.25, 0.3) is 11.1 Å². The third-order valence-electron chi connectivity index (χ3n) is 3.50. The summed E-state index contributed by atoms with van der Waals surface area (Å²) in [5, 5.41) is 10.9. The number of benzene rings is 1. The first kappa shape index (κ1) is 11.4. The second-order valence-electron chi connectivity index (χ2n) is 4.76. The van der Waals surface area contributed by atoms with E-state index in [1.54, 1.807) is 0 Å². The fourth-order valence-electron chi connectivity index (χ4n) is 2.60. The summed E-state index contributed by atoms with van der Waals surface area (Å²) < 4.78 is 13.0. The van der Waals surface area contributed by atoms with E-state index in [1.165, 1.54) is 18.6 Å². The van der Waals surface area contributed by atoms with Crippen LogP contribution in [0.4, 0.5) is 4.39 Å². The minimum Gasteiger partial charge on any atom is -0.309 e. The molecular weight excluding hydrogens is 229 g/mol. The van der Waals surface area contributed by atoms with Crippen molar-refractivity contribution in [3.63, 3.8) is 0 Å². The molecule has 1 fully saturated rings. The first-order valence-electron chi connectivity index (χ1n) is 6.30. The zero-order valence-electron chi connectivity index (χ0n) is 10.3. The summed E-state index contributed by atoms with van der Waals surface area (Å²) in [6, 6.07) is 6.92. The maximum absolute atomic E-state index is 13.0. The Morgan fingerprint density at radius 3 is 2.72 bits per heavy atom. The van der Waals surface area contributed by atoms with Crippen molar-refractivity contribution >= 4 is 0 Å². The number of nitrogens with one attached hydrogen (secondary N) is 2.